The maximum absolute atomic E-state index is 11.7. The summed E-state index contributed by atoms with van der Waals surface area (Å²) in [5.41, 5.74) is 0.427. The second-order valence-electron chi connectivity index (χ2n) is 4.13. The molecule has 0 aliphatic carbocycles. The van der Waals surface area contributed by atoms with Gasteiger partial charge in [-0.2, -0.15) is 0 Å². The first kappa shape index (κ1) is 16.0. The molecule has 6 nitrogen and oxygen atoms in total. The fourth-order valence-electron chi connectivity index (χ4n) is 1.56. The molecule has 0 atom stereocenters. The summed E-state index contributed by atoms with van der Waals surface area (Å²) in [5, 5.41) is 11.6. The molecule has 110 valence electrons. The maximum atomic E-state index is 11.7. The van der Waals surface area contributed by atoms with E-state index in [0.717, 1.165) is 6.42 Å². The molecule has 0 radical (unpaired) electrons. The maximum Gasteiger partial charge on any atom is 0.335 e. The molecule has 0 aliphatic heterocycles. The predicted molar refractivity (Wildman–Crippen MR) is 74.3 cm³/mol. The molecule has 0 bridgehead atoms. The molecule has 0 aromatic heterocycles. The summed E-state index contributed by atoms with van der Waals surface area (Å²) in [5.74, 6) is -0.894. The van der Waals surface area contributed by atoms with Gasteiger partial charge in [-0.05, 0) is 24.6 Å². The van der Waals surface area contributed by atoms with Crippen molar-refractivity contribution >= 4 is 17.6 Å². The van der Waals surface area contributed by atoms with Gasteiger partial charge in [0.2, 0.25) is 5.91 Å². The SMILES string of the molecule is CCCOCCC(=O)Nc1cc(C(=O)O)ccc1OC. The molecular weight excluding hydrogens is 262 g/mol. The zero-order valence-electron chi connectivity index (χ0n) is 11.6. The molecule has 1 rings (SSSR count). The van der Waals surface area contributed by atoms with Crippen LogP contribution in [0.15, 0.2) is 18.2 Å². The van der Waals surface area contributed by atoms with Crippen molar-refractivity contribution in [3.63, 3.8) is 0 Å². The van der Waals surface area contributed by atoms with Crippen LogP contribution in [-0.4, -0.2) is 37.3 Å². The first-order chi connectivity index (χ1) is 9.58. The number of rotatable bonds is 8. The monoisotopic (exact) mass is 281 g/mol. The Morgan fingerprint density at radius 2 is 2.05 bits per heavy atom. The van der Waals surface area contributed by atoms with Crippen LogP contribution < -0.4 is 10.1 Å². The van der Waals surface area contributed by atoms with Crippen LogP contribution in [0.4, 0.5) is 5.69 Å². The minimum absolute atomic E-state index is 0.0864. The van der Waals surface area contributed by atoms with Gasteiger partial charge in [-0.3, -0.25) is 4.79 Å². The van der Waals surface area contributed by atoms with Gasteiger partial charge in [0.05, 0.1) is 31.4 Å². The summed E-state index contributed by atoms with van der Waals surface area (Å²) in [6.07, 6.45) is 1.11. The summed E-state index contributed by atoms with van der Waals surface area (Å²) >= 11 is 0. The Labute approximate surface area is 117 Å². The van der Waals surface area contributed by atoms with Crippen molar-refractivity contribution in [2.24, 2.45) is 0 Å². The molecule has 0 fully saturated rings. The Bertz CT molecular complexity index is 473. The number of aromatic carboxylic acids is 1. The Hall–Kier alpha value is -2.08. The van der Waals surface area contributed by atoms with E-state index in [1.165, 1.54) is 25.3 Å². The summed E-state index contributed by atoms with van der Waals surface area (Å²) in [6, 6.07) is 4.29. The molecule has 0 saturated heterocycles. The quantitative estimate of drug-likeness (QED) is 0.713. The molecule has 6 heteroatoms. The molecule has 20 heavy (non-hydrogen) atoms. The van der Waals surface area contributed by atoms with Gasteiger partial charge in [-0.25, -0.2) is 4.79 Å². The first-order valence-corrected chi connectivity index (χ1v) is 6.37. The second-order valence-corrected chi connectivity index (χ2v) is 4.13. The van der Waals surface area contributed by atoms with Gasteiger partial charge in [0.25, 0.3) is 0 Å². The van der Waals surface area contributed by atoms with Crippen LogP contribution in [-0.2, 0) is 9.53 Å². The fourth-order valence-corrected chi connectivity index (χ4v) is 1.56. The molecule has 0 heterocycles. The van der Waals surface area contributed by atoms with Crippen LogP contribution >= 0.6 is 0 Å². The number of carboxylic acids is 1. The van der Waals surface area contributed by atoms with Crippen molar-refractivity contribution in [1.29, 1.82) is 0 Å². The van der Waals surface area contributed by atoms with E-state index in [9.17, 15) is 9.59 Å². The Balaban J connectivity index is 2.67. The minimum Gasteiger partial charge on any atom is -0.495 e. The third-order valence-corrected chi connectivity index (χ3v) is 2.54. The average molecular weight is 281 g/mol. The number of hydrogen-bond donors (Lipinski definition) is 2. The first-order valence-electron chi connectivity index (χ1n) is 6.37. The highest BCUT2D eigenvalue weighted by Gasteiger charge is 2.11. The minimum atomic E-state index is -1.06. The number of carbonyl (C=O) groups is 2. The lowest BCUT2D eigenvalue weighted by Crippen LogP contribution is -2.15. The van der Waals surface area contributed by atoms with E-state index >= 15 is 0 Å². The Morgan fingerprint density at radius 1 is 1.30 bits per heavy atom. The Kier molecular flexibility index (Phi) is 6.52. The van der Waals surface area contributed by atoms with Gasteiger partial charge in [-0.15, -0.1) is 0 Å². The number of nitrogens with one attached hydrogen (secondary N) is 1. The van der Waals surface area contributed by atoms with Crippen LogP contribution in [0.25, 0.3) is 0 Å². The number of hydrogen-bond acceptors (Lipinski definition) is 4. The molecular formula is C14H19NO5. The summed E-state index contributed by atoms with van der Waals surface area (Å²) in [7, 11) is 1.45. The van der Waals surface area contributed by atoms with Crippen molar-refractivity contribution in [1.82, 2.24) is 0 Å². The largest absolute Gasteiger partial charge is 0.495 e. The van der Waals surface area contributed by atoms with E-state index in [1.807, 2.05) is 6.92 Å². The normalized spacial score (nSPS) is 10.1. The van der Waals surface area contributed by atoms with E-state index < -0.39 is 5.97 Å². The van der Waals surface area contributed by atoms with Crippen molar-refractivity contribution < 1.29 is 24.2 Å². The van der Waals surface area contributed by atoms with E-state index in [4.69, 9.17) is 14.6 Å². The smallest absolute Gasteiger partial charge is 0.335 e. The van der Waals surface area contributed by atoms with Gasteiger partial charge in [-0.1, -0.05) is 6.92 Å². The van der Waals surface area contributed by atoms with E-state index in [2.05, 4.69) is 5.32 Å². The van der Waals surface area contributed by atoms with Gasteiger partial charge >= 0.3 is 5.97 Å². The van der Waals surface area contributed by atoms with Crippen LogP contribution in [0.2, 0.25) is 0 Å². The molecule has 0 unspecified atom stereocenters. The van der Waals surface area contributed by atoms with E-state index in [-0.39, 0.29) is 17.9 Å². The van der Waals surface area contributed by atoms with Crippen LogP contribution in [0, 0.1) is 0 Å². The zero-order valence-corrected chi connectivity index (χ0v) is 11.6. The molecule has 1 amide bonds. The van der Waals surface area contributed by atoms with Gasteiger partial charge < -0.3 is 19.9 Å². The van der Waals surface area contributed by atoms with Crippen molar-refractivity contribution in [2.75, 3.05) is 25.6 Å². The van der Waals surface area contributed by atoms with Gasteiger partial charge in [0.15, 0.2) is 0 Å². The Morgan fingerprint density at radius 3 is 2.65 bits per heavy atom. The number of anilines is 1. The van der Waals surface area contributed by atoms with Crippen LogP contribution in [0.5, 0.6) is 5.75 Å². The average Bonchev–Trinajstić information content (AvgIpc) is 2.43. The second kappa shape index (κ2) is 8.16. The van der Waals surface area contributed by atoms with E-state index in [1.54, 1.807) is 0 Å². The van der Waals surface area contributed by atoms with Gasteiger partial charge in [0, 0.05) is 6.61 Å². The lowest BCUT2D eigenvalue weighted by molar-refractivity contribution is -0.117. The molecule has 0 aliphatic rings. The molecule has 0 saturated carbocycles. The number of benzene rings is 1. The number of carbonyl (C=O) groups excluding carboxylic acids is 1. The summed E-state index contributed by atoms with van der Waals surface area (Å²) in [6.45, 7) is 2.94. The number of carboxylic acid groups (broad SMARTS) is 1. The zero-order chi connectivity index (χ0) is 15.0. The predicted octanol–water partition coefficient (Wildman–Crippen LogP) is 2.15. The third kappa shape index (κ3) is 4.89. The van der Waals surface area contributed by atoms with Gasteiger partial charge in [0.1, 0.15) is 5.75 Å². The summed E-state index contributed by atoms with van der Waals surface area (Å²) < 4.78 is 10.3. The third-order valence-electron chi connectivity index (χ3n) is 2.54. The topological polar surface area (TPSA) is 84.9 Å². The molecule has 2 N–H and O–H groups in total. The molecule has 1 aromatic carbocycles. The van der Waals surface area contributed by atoms with Crippen LogP contribution in [0.3, 0.4) is 0 Å². The molecule has 1 aromatic rings. The number of amides is 1. The fraction of sp³-hybridized carbons (Fsp3) is 0.429. The van der Waals surface area contributed by atoms with Crippen molar-refractivity contribution in [3.8, 4) is 5.75 Å². The highest BCUT2D eigenvalue weighted by atomic mass is 16.5. The molecule has 0 spiro atoms. The lowest BCUT2D eigenvalue weighted by atomic mass is 10.2. The standard InChI is InChI=1S/C14H19NO5/c1-3-7-20-8-6-13(16)15-11-9-10(14(17)18)4-5-12(11)19-2/h4-5,9H,3,6-8H2,1-2H3,(H,15,16)(H,17,18). The van der Waals surface area contributed by atoms with Crippen molar-refractivity contribution in [3.05, 3.63) is 23.8 Å². The lowest BCUT2D eigenvalue weighted by Gasteiger charge is -2.11. The number of methoxy groups -OCH3 is 1. The summed E-state index contributed by atoms with van der Waals surface area (Å²) in [4.78, 5) is 22.6. The van der Waals surface area contributed by atoms with Crippen LogP contribution in [0.1, 0.15) is 30.1 Å². The van der Waals surface area contributed by atoms with Crippen molar-refractivity contribution in [2.45, 2.75) is 19.8 Å². The highest BCUT2D eigenvalue weighted by Crippen LogP contribution is 2.25. The highest BCUT2D eigenvalue weighted by molar-refractivity contribution is 5.95. The number of ether oxygens (including phenoxy) is 2. The van der Waals surface area contributed by atoms with E-state index in [0.29, 0.717) is 24.7 Å².